The normalized spacial score (nSPS) is 53.3. The molecule has 0 amide bonds. The summed E-state index contributed by atoms with van der Waals surface area (Å²) in [4.78, 5) is 11.9. The molecule has 4 aliphatic rings. The largest absolute Gasteiger partial charge is 0.459 e. The zero-order valence-electron chi connectivity index (χ0n) is 16.6. The first-order chi connectivity index (χ1) is 12.3. The standard InChI is InChI=1S/C22H36O4/c1-4-19(25)26-20-18(24)12-17-15-6-5-13-11-14(23)7-9-21(13,2)16(15)8-10-22(17,20)3/h13-18,20,23-24H,4-12H2,1-3H3/t13?,14-,15?,16?,17?,18+,20?,21-,22-/m0/s1. The fraction of sp³-hybridized carbons (Fsp3) is 0.955. The lowest BCUT2D eigenvalue weighted by atomic mass is 9.45. The summed E-state index contributed by atoms with van der Waals surface area (Å²) in [6.45, 7) is 6.56. The monoisotopic (exact) mass is 364 g/mol. The van der Waals surface area contributed by atoms with Crippen LogP contribution >= 0.6 is 0 Å². The van der Waals surface area contributed by atoms with Crippen LogP contribution in [0.5, 0.6) is 0 Å². The van der Waals surface area contributed by atoms with Crippen LogP contribution in [0.1, 0.15) is 78.6 Å². The lowest BCUT2D eigenvalue weighted by molar-refractivity contribution is -0.170. The average molecular weight is 365 g/mol. The number of hydrogen-bond acceptors (Lipinski definition) is 4. The van der Waals surface area contributed by atoms with Crippen molar-refractivity contribution in [3.05, 3.63) is 0 Å². The minimum atomic E-state index is -0.516. The molecule has 0 aromatic carbocycles. The summed E-state index contributed by atoms with van der Waals surface area (Å²) < 4.78 is 5.75. The fourth-order valence-electron chi connectivity index (χ4n) is 7.64. The van der Waals surface area contributed by atoms with Crippen LogP contribution in [0.3, 0.4) is 0 Å². The Bertz CT molecular complexity index is 562. The molecule has 2 N–H and O–H groups in total. The van der Waals surface area contributed by atoms with Crippen molar-refractivity contribution in [3.63, 3.8) is 0 Å². The lowest BCUT2D eigenvalue weighted by Crippen LogP contribution is -2.54. The van der Waals surface area contributed by atoms with Crippen molar-refractivity contribution in [2.45, 2.75) is 96.9 Å². The Balaban J connectivity index is 1.58. The minimum absolute atomic E-state index is 0.0806. The maximum atomic E-state index is 11.9. The van der Waals surface area contributed by atoms with Gasteiger partial charge in [-0.05, 0) is 80.5 Å². The first kappa shape index (κ1) is 18.7. The van der Waals surface area contributed by atoms with Gasteiger partial charge in [0, 0.05) is 11.8 Å². The third-order valence-electron chi connectivity index (χ3n) is 9.12. The fourth-order valence-corrected chi connectivity index (χ4v) is 7.64. The summed E-state index contributed by atoms with van der Waals surface area (Å²) in [6.07, 6.45) is 7.88. The number of fused-ring (bicyclic) bond motifs is 5. The van der Waals surface area contributed by atoms with Gasteiger partial charge in [0.2, 0.25) is 0 Å². The van der Waals surface area contributed by atoms with Crippen LogP contribution in [0, 0.1) is 34.5 Å². The molecule has 9 atom stereocenters. The molecule has 4 rings (SSSR count). The van der Waals surface area contributed by atoms with Crippen molar-refractivity contribution in [3.8, 4) is 0 Å². The predicted molar refractivity (Wildman–Crippen MR) is 99.3 cm³/mol. The quantitative estimate of drug-likeness (QED) is 0.734. The van der Waals surface area contributed by atoms with E-state index in [9.17, 15) is 15.0 Å². The van der Waals surface area contributed by atoms with E-state index in [0.29, 0.717) is 35.5 Å². The van der Waals surface area contributed by atoms with Crippen molar-refractivity contribution in [2.75, 3.05) is 0 Å². The van der Waals surface area contributed by atoms with Crippen LogP contribution in [-0.4, -0.2) is 34.5 Å². The number of aliphatic hydroxyl groups excluding tert-OH is 2. The van der Waals surface area contributed by atoms with Gasteiger partial charge in [-0.15, -0.1) is 0 Å². The summed E-state index contributed by atoms with van der Waals surface area (Å²) in [7, 11) is 0. The number of esters is 1. The highest BCUT2D eigenvalue weighted by atomic mass is 16.6. The van der Waals surface area contributed by atoms with Crippen molar-refractivity contribution < 1.29 is 19.7 Å². The second-order valence-electron chi connectivity index (χ2n) is 10.2. The van der Waals surface area contributed by atoms with E-state index in [4.69, 9.17) is 4.74 Å². The Morgan fingerprint density at radius 3 is 2.46 bits per heavy atom. The van der Waals surface area contributed by atoms with Gasteiger partial charge in [0.05, 0.1) is 12.2 Å². The van der Waals surface area contributed by atoms with Crippen LogP contribution in [0.2, 0.25) is 0 Å². The predicted octanol–water partition coefficient (Wildman–Crippen LogP) is 3.68. The molecule has 0 bridgehead atoms. The SMILES string of the molecule is CCC(=O)OC1[C@H](O)CC2C3CCC4C[C@@H](O)CC[C@]4(C)C3CC[C@@]21C. The van der Waals surface area contributed by atoms with Gasteiger partial charge in [-0.3, -0.25) is 4.79 Å². The molecule has 0 spiro atoms. The third kappa shape index (κ3) is 2.66. The van der Waals surface area contributed by atoms with Crippen molar-refractivity contribution in [2.24, 2.45) is 34.5 Å². The molecule has 0 aliphatic heterocycles. The van der Waals surface area contributed by atoms with Gasteiger partial charge in [-0.2, -0.15) is 0 Å². The highest BCUT2D eigenvalue weighted by molar-refractivity contribution is 5.69. The molecule has 4 aliphatic carbocycles. The van der Waals surface area contributed by atoms with E-state index in [0.717, 1.165) is 32.1 Å². The second kappa shape index (κ2) is 6.48. The Labute approximate surface area is 157 Å². The maximum absolute atomic E-state index is 11.9. The molecule has 4 nitrogen and oxygen atoms in total. The van der Waals surface area contributed by atoms with Crippen LogP contribution in [-0.2, 0) is 9.53 Å². The van der Waals surface area contributed by atoms with Crippen LogP contribution in [0.4, 0.5) is 0 Å². The number of aliphatic hydroxyl groups is 2. The molecule has 0 radical (unpaired) electrons. The van der Waals surface area contributed by atoms with E-state index >= 15 is 0 Å². The molecule has 0 heterocycles. The van der Waals surface area contributed by atoms with Crippen LogP contribution in [0.15, 0.2) is 0 Å². The molecule has 0 aromatic rings. The van der Waals surface area contributed by atoms with Crippen molar-refractivity contribution in [1.29, 1.82) is 0 Å². The summed E-state index contributed by atoms with van der Waals surface area (Å²) in [6, 6.07) is 0. The molecule has 4 saturated carbocycles. The second-order valence-corrected chi connectivity index (χ2v) is 10.2. The number of ether oxygens (including phenoxy) is 1. The van der Waals surface area contributed by atoms with Gasteiger partial charge in [-0.25, -0.2) is 0 Å². The van der Waals surface area contributed by atoms with E-state index in [1.54, 1.807) is 0 Å². The van der Waals surface area contributed by atoms with Gasteiger partial charge in [0.15, 0.2) is 0 Å². The zero-order chi connectivity index (χ0) is 18.7. The Morgan fingerprint density at radius 2 is 1.73 bits per heavy atom. The molecule has 0 saturated heterocycles. The maximum Gasteiger partial charge on any atom is 0.305 e. The number of carbonyl (C=O) groups is 1. The van der Waals surface area contributed by atoms with Crippen molar-refractivity contribution in [1.82, 2.24) is 0 Å². The minimum Gasteiger partial charge on any atom is -0.459 e. The van der Waals surface area contributed by atoms with E-state index in [1.807, 2.05) is 6.92 Å². The van der Waals surface area contributed by atoms with E-state index < -0.39 is 6.10 Å². The topological polar surface area (TPSA) is 66.8 Å². The first-order valence-electron chi connectivity index (χ1n) is 10.8. The van der Waals surface area contributed by atoms with Gasteiger partial charge in [-0.1, -0.05) is 20.8 Å². The Morgan fingerprint density at radius 1 is 1.00 bits per heavy atom. The average Bonchev–Trinajstić information content (AvgIpc) is 2.86. The van der Waals surface area contributed by atoms with Gasteiger partial charge in [0.1, 0.15) is 6.10 Å². The van der Waals surface area contributed by atoms with E-state index in [-0.39, 0.29) is 23.6 Å². The molecule has 0 aromatic heterocycles. The van der Waals surface area contributed by atoms with Crippen LogP contribution < -0.4 is 0 Å². The van der Waals surface area contributed by atoms with Crippen LogP contribution in [0.25, 0.3) is 0 Å². The molecular weight excluding hydrogens is 328 g/mol. The number of hydrogen-bond donors (Lipinski definition) is 2. The highest BCUT2D eigenvalue weighted by Crippen LogP contribution is 2.66. The number of carbonyl (C=O) groups excluding carboxylic acids is 1. The smallest absolute Gasteiger partial charge is 0.305 e. The molecular formula is C22H36O4. The molecule has 4 fully saturated rings. The molecule has 148 valence electrons. The zero-order valence-corrected chi connectivity index (χ0v) is 16.6. The van der Waals surface area contributed by atoms with Crippen molar-refractivity contribution >= 4 is 5.97 Å². The van der Waals surface area contributed by atoms with Gasteiger partial charge >= 0.3 is 5.97 Å². The Kier molecular flexibility index (Phi) is 4.67. The first-order valence-corrected chi connectivity index (χ1v) is 10.8. The van der Waals surface area contributed by atoms with E-state index in [2.05, 4.69) is 13.8 Å². The van der Waals surface area contributed by atoms with Gasteiger partial charge in [0.25, 0.3) is 0 Å². The summed E-state index contributed by atoms with van der Waals surface area (Å²) in [5.41, 5.74) is 0.259. The Hall–Kier alpha value is -0.610. The number of rotatable bonds is 2. The third-order valence-corrected chi connectivity index (χ3v) is 9.12. The molecule has 5 unspecified atom stereocenters. The summed E-state index contributed by atoms with van der Waals surface area (Å²) in [5.74, 6) is 2.24. The lowest BCUT2D eigenvalue weighted by Gasteiger charge is -2.60. The molecule has 26 heavy (non-hydrogen) atoms. The summed E-state index contributed by atoms with van der Waals surface area (Å²) in [5, 5.41) is 20.9. The highest BCUT2D eigenvalue weighted by Gasteiger charge is 2.63. The molecule has 4 heteroatoms. The summed E-state index contributed by atoms with van der Waals surface area (Å²) >= 11 is 0. The van der Waals surface area contributed by atoms with E-state index in [1.165, 1.54) is 19.3 Å². The van der Waals surface area contributed by atoms with Gasteiger partial charge < -0.3 is 14.9 Å².